The first-order valence-electron chi connectivity index (χ1n) is 8.42. The van der Waals surface area contributed by atoms with Crippen LogP contribution in [0.5, 0.6) is 0 Å². The van der Waals surface area contributed by atoms with Crippen molar-refractivity contribution in [3.05, 3.63) is 34.3 Å². The summed E-state index contributed by atoms with van der Waals surface area (Å²) in [5, 5.41) is 0. The van der Waals surface area contributed by atoms with E-state index >= 15 is 0 Å². The predicted octanol–water partition coefficient (Wildman–Crippen LogP) is 2.70. The second-order valence-electron chi connectivity index (χ2n) is 6.18. The number of piperidine rings is 1. The highest BCUT2D eigenvalue weighted by atomic mass is 79.9. The van der Waals surface area contributed by atoms with Gasteiger partial charge in [-0.1, -0.05) is 41.1 Å². The lowest BCUT2D eigenvalue weighted by Gasteiger charge is -2.32. The monoisotopic (exact) mass is 416 g/mol. The van der Waals surface area contributed by atoms with Crippen LogP contribution in [0.2, 0.25) is 0 Å². The van der Waals surface area contributed by atoms with Crippen molar-refractivity contribution in [1.82, 2.24) is 9.62 Å². The molecule has 1 N–H and O–H groups in total. The van der Waals surface area contributed by atoms with Crippen LogP contribution in [0, 0.1) is 0 Å². The summed E-state index contributed by atoms with van der Waals surface area (Å²) >= 11 is 3.50. The zero-order valence-corrected chi connectivity index (χ0v) is 16.4. The molecule has 1 aliphatic rings. The van der Waals surface area contributed by atoms with Crippen LogP contribution >= 0.6 is 15.9 Å². The van der Waals surface area contributed by atoms with Crippen molar-refractivity contribution in [2.45, 2.75) is 45.1 Å². The van der Waals surface area contributed by atoms with Gasteiger partial charge in [0.05, 0.1) is 5.75 Å². The Kier molecular flexibility index (Phi) is 7.25. The number of nitrogens with zero attached hydrogens (tertiary/aromatic N) is 1. The van der Waals surface area contributed by atoms with E-state index in [0.717, 1.165) is 10.0 Å². The third-order valence-corrected chi connectivity index (χ3v) is 6.64. The van der Waals surface area contributed by atoms with Crippen molar-refractivity contribution in [2.75, 3.05) is 18.8 Å². The Hall–Kier alpha value is -0.920. The molecule has 0 unspecified atom stereocenters. The number of sulfonamides is 1. The van der Waals surface area contributed by atoms with Crippen LogP contribution in [0.3, 0.4) is 0 Å². The minimum atomic E-state index is -3.18. The van der Waals surface area contributed by atoms with Gasteiger partial charge in [-0.25, -0.2) is 13.1 Å². The average molecular weight is 417 g/mol. The lowest BCUT2D eigenvalue weighted by atomic mass is 10.0. The molecule has 1 aromatic rings. The number of rotatable bonds is 7. The molecule has 0 bridgehead atoms. The van der Waals surface area contributed by atoms with E-state index < -0.39 is 10.0 Å². The summed E-state index contributed by atoms with van der Waals surface area (Å²) in [6.07, 6.45) is 3.17. The average Bonchev–Trinajstić information content (AvgIpc) is 2.54. The van der Waals surface area contributed by atoms with Crippen LogP contribution in [-0.4, -0.2) is 44.1 Å². The molecule has 1 aromatic carbocycles. The van der Waals surface area contributed by atoms with E-state index in [-0.39, 0.29) is 17.7 Å². The third-order valence-electron chi connectivity index (χ3n) is 4.23. The molecular weight excluding hydrogens is 392 g/mol. The number of likely N-dealkylation sites (tertiary alicyclic amines) is 1. The molecule has 134 valence electrons. The normalized spacial score (nSPS) is 16.3. The Bertz CT molecular complexity index is 656. The largest absolute Gasteiger partial charge is 0.343 e. The Morgan fingerprint density at radius 1 is 1.29 bits per heavy atom. The van der Waals surface area contributed by atoms with Crippen LogP contribution in [0.25, 0.3) is 0 Å². The Morgan fingerprint density at radius 2 is 1.96 bits per heavy atom. The number of benzene rings is 1. The van der Waals surface area contributed by atoms with Gasteiger partial charge in [0.1, 0.15) is 0 Å². The molecule has 7 heteroatoms. The van der Waals surface area contributed by atoms with Crippen molar-refractivity contribution in [2.24, 2.45) is 0 Å². The van der Waals surface area contributed by atoms with E-state index in [0.29, 0.717) is 45.2 Å². The zero-order chi connectivity index (χ0) is 17.6. The highest BCUT2D eigenvalue weighted by molar-refractivity contribution is 9.10. The molecule has 1 saturated heterocycles. The summed E-state index contributed by atoms with van der Waals surface area (Å²) in [5.41, 5.74) is 1.13. The number of nitrogens with one attached hydrogen (secondary N) is 1. The Labute approximate surface area is 153 Å². The van der Waals surface area contributed by atoms with Crippen molar-refractivity contribution >= 4 is 31.9 Å². The topological polar surface area (TPSA) is 66.5 Å². The van der Waals surface area contributed by atoms with Crippen LogP contribution < -0.4 is 4.72 Å². The summed E-state index contributed by atoms with van der Waals surface area (Å²) in [6, 6.07) is 7.88. The van der Waals surface area contributed by atoms with E-state index in [9.17, 15) is 13.2 Å². The quantitative estimate of drug-likeness (QED) is 0.742. The van der Waals surface area contributed by atoms with Gasteiger partial charge < -0.3 is 4.90 Å². The van der Waals surface area contributed by atoms with E-state index in [4.69, 9.17) is 0 Å². The molecule has 5 nitrogen and oxygen atoms in total. The van der Waals surface area contributed by atoms with Crippen molar-refractivity contribution < 1.29 is 13.2 Å². The lowest BCUT2D eigenvalue weighted by Crippen LogP contribution is -2.47. The molecule has 1 fully saturated rings. The van der Waals surface area contributed by atoms with Gasteiger partial charge in [-0.05, 0) is 37.3 Å². The summed E-state index contributed by atoms with van der Waals surface area (Å²) in [6.45, 7) is 3.09. The molecule has 0 spiro atoms. The highest BCUT2D eigenvalue weighted by Crippen LogP contribution is 2.19. The maximum atomic E-state index is 12.3. The number of hydrogen-bond acceptors (Lipinski definition) is 3. The number of carbonyl (C=O) groups is 1. The summed E-state index contributed by atoms with van der Waals surface area (Å²) in [4.78, 5) is 14.2. The Morgan fingerprint density at radius 3 is 2.58 bits per heavy atom. The van der Waals surface area contributed by atoms with E-state index in [1.54, 1.807) is 0 Å². The van der Waals surface area contributed by atoms with Crippen molar-refractivity contribution in [1.29, 1.82) is 0 Å². The standard InChI is InChI=1S/C17H25BrN2O3S/c1-2-13-24(22,23)19-15-9-11-20(12-10-15)17(21)8-7-14-5-3-4-6-16(14)18/h3-6,15,19H,2,7-13H2,1H3. The summed E-state index contributed by atoms with van der Waals surface area (Å²) < 4.78 is 27.4. The first-order chi connectivity index (χ1) is 11.4. The molecule has 1 aliphatic heterocycles. The van der Waals surface area contributed by atoms with Crippen molar-refractivity contribution in [3.8, 4) is 0 Å². The third kappa shape index (κ3) is 5.86. The molecule has 0 aliphatic carbocycles. The molecule has 1 heterocycles. The van der Waals surface area contributed by atoms with E-state index in [1.807, 2.05) is 36.1 Å². The number of carbonyl (C=O) groups excluding carboxylic acids is 1. The minimum absolute atomic E-state index is 0.0473. The molecule has 1 amide bonds. The fourth-order valence-corrected chi connectivity index (χ4v) is 4.81. The van der Waals surface area contributed by atoms with Gasteiger partial charge in [0.25, 0.3) is 0 Å². The van der Waals surface area contributed by atoms with Crippen LogP contribution in [-0.2, 0) is 21.2 Å². The van der Waals surface area contributed by atoms with Gasteiger partial charge in [0, 0.05) is 30.0 Å². The highest BCUT2D eigenvalue weighted by Gasteiger charge is 2.25. The lowest BCUT2D eigenvalue weighted by molar-refractivity contribution is -0.132. The maximum Gasteiger partial charge on any atom is 0.222 e. The predicted molar refractivity (Wildman–Crippen MR) is 99.3 cm³/mol. The number of amides is 1. The first-order valence-corrected chi connectivity index (χ1v) is 10.9. The molecule has 0 radical (unpaired) electrons. The Balaban J connectivity index is 1.77. The molecule has 0 aromatic heterocycles. The zero-order valence-electron chi connectivity index (χ0n) is 14.0. The maximum absolute atomic E-state index is 12.3. The second-order valence-corrected chi connectivity index (χ2v) is 8.91. The van der Waals surface area contributed by atoms with Crippen LogP contribution in [0.15, 0.2) is 28.7 Å². The van der Waals surface area contributed by atoms with Gasteiger partial charge in [0.15, 0.2) is 0 Å². The molecule has 0 atom stereocenters. The number of hydrogen-bond donors (Lipinski definition) is 1. The van der Waals surface area contributed by atoms with Gasteiger partial charge in [-0.15, -0.1) is 0 Å². The second kappa shape index (κ2) is 8.97. The van der Waals surface area contributed by atoms with Crippen molar-refractivity contribution in [3.63, 3.8) is 0 Å². The van der Waals surface area contributed by atoms with Gasteiger partial charge >= 0.3 is 0 Å². The molecule has 24 heavy (non-hydrogen) atoms. The van der Waals surface area contributed by atoms with E-state index in [2.05, 4.69) is 20.7 Å². The van der Waals surface area contributed by atoms with Gasteiger partial charge in [0.2, 0.25) is 15.9 Å². The SMILES string of the molecule is CCCS(=O)(=O)NC1CCN(C(=O)CCc2ccccc2Br)CC1. The fraction of sp³-hybridized carbons (Fsp3) is 0.588. The smallest absolute Gasteiger partial charge is 0.222 e. The summed E-state index contributed by atoms with van der Waals surface area (Å²) in [5.74, 6) is 0.304. The van der Waals surface area contributed by atoms with Crippen LogP contribution in [0.1, 0.15) is 38.2 Å². The number of halogens is 1. The molecule has 0 saturated carbocycles. The van der Waals surface area contributed by atoms with E-state index in [1.165, 1.54) is 0 Å². The van der Waals surface area contributed by atoms with Crippen LogP contribution in [0.4, 0.5) is 0 Å². The minimum Gasteiger partial charge on any atom is -0.343 e. The molecular formula is C17H25BrN2O3S. The fourth-order valence-electron chi connectivity index (χ4n) is 2.93. The molecule has 2 rings (SSSR count). The number of aryl methyl sites for hydroxylation is 1. The van der Waals surface area contributed by atoms with Gasteiger partial charge in [-0.3, -0.25) is 4.79 Å². The first kappa shape index (κ1) is 19.4. The van der Waals surface area contributed by atoms with Gasteiger partial charge in [-0.2, -0.15) is 0 Å². The summed E-state index contributed by atoms with van der Waals surface area (Å²) in [7, 11) is -3.18.